The SMILES string of the molecule is O=C1CN=C(N2CCCCC2)N1. The molecule has 0 atom stereocenters. The Morgan fingerprint density at radius 2 is 2.00 bits per heavy atom. The fourth-order valence-corrected chi connectivity index (χ4v) is 1.64. The lowest BCUT2D eigenvalue weighted by Gasteiger charge is -2.27. The van der Waals surface area contributed by atoms with Crippen molar-refractivity contribution < 1.29 is 4.79 Å². The van der Waals surface area contributed by atoms with Gasteiger partial charge in [-0.15, -0.1) is 0 Å². The molecule has 0 radical (unpaired) electrons. The van der Waals surface area contributed by atoms with Crippen LogP contribution >= 0.6 is 0 Å². The fourth-order valence-electron chi connectivity index (χ4n) is 1.64. The molecule has 1 fully saturated rings. The minimum absolute atomic E-state index is 0.0237. The van der Waals surface area contributed by atoms with E-state index < -0.39 is 0 Å². The summed E-state index contributed by atoms with van der Waals surface area (Å²) in [4.78, 5) is 17.1. The average molecular weight is 167 g/mol. The molecule has 12 heavy (non-hydrogen) atoms. The van der Waals surface area contributed by atoms with Crippen LogP contribution < -0.4 is 5.32 Å². The predicted molar refractivity (Wildman–Crippen MR) is 45.9 cm³/mol. The van der Waals surface area contributed by atoms with E-state index in [1.54, 1.807) is 0 Å². The Morgan fingerprint density at radius 1 is 1.25 bits per heavy atom. The molecule has 2 aliphatic heterocycles. The highest BCUT2D eigenvalue weighted by atomic mass is 16.2. The van der Waals surface area contributed by atoms with E-state index in [9.17, 15) is 4.79 Å². The monoisotopic (exact) mass is 167 g/mol. The van der Waals surface area contributed by atoms with Crippen molar-refractivity contribution in [1.29, 1.82) is 0 Å². The van der Waals surface area contributed by atoms with Gasteiger partial charge in [-0.25, -0.2) is 4.99 Å². The Hall–Kier alpha value is -1.06. The summed E-state index contributed by atoms with van der Waals surface area (Å²) in [6, 6.07) is 0. The van der Waals surface area contributed by atoms with Crippen LogP contribution in [0.15, 0.2) is 4.99 Å². The van der Waals surface area contributed by atoms with Crippen molar-refractivity contribution in [3.05, 3.63) is 0 Å². The van der Waals surface area contributed by atoms with Gasteiger partial charge >= 0.3 is 0 Å². The van der Waals surface area contributed by atoms with E-state index in [-0.39, 0.29) is 5.91 Å². The van der Waals surface area contributed by atoms with Crippen molar-refractivity contribution in [3.63, 3.8) is 0 Å². The Bertz CT molecular complexity index is 218. The van der Waals surface area contributed by atoms with Crippen LogP contribution in [-0.4, -0.2) is 36.4 Å². The van der Waals surface area contributed by atoms with Crippen LogP contribution in [0.3, 0.4) is 0 Å². The van der Waals surface area contributed by atoms with Gasteiger partial charge in [0, 0.05) is 13.1 Å². The van der Waals surface area contributed by atoms with Gasteiger partial charge in [-0.05, 0) is 19.3 Å². The van der Waals surface area contributed by atoms with Crippen LogP contribution in [0.2, 0.25) is 0 Å². The van der Waals surface area contributed by atoms with Crippen molar-refractivity contribution in [3.8, 4) is 0 Å². The van der Waals surface area contributed by atoms with Crippen molar-refractivity contribution in [2.75, 3.05) is 19.6 Å². The maximum absolute atomic E-state index is 10.8. The summed E-state index contributed by atoms with van der Waals surface area (Å²) < 4.78 is 0. The molecule has 1 saturated heterocycles. The third-order valence-corrected chi connectivity index (χ3v) is 2.28. The summed E-state index contributed by atoms with van der Waals surface area (Å²) in [6.45, 7) is 2.39. The molecule has 0 unspecified atom stereocenters. The minimum Gasteiger partial charge on any atom is -0.343 e. The van der Waals surface area contributed by atoms with E-state index in [0.29, 0.717) is 6.54 Å². The largest absolute Gasteiger partial charge is 0.343 e. The maximum Gasteiger partial charge on any atom is 0.248 e. The van der Waals surface area contributed by atoms with Gasteiger partial charge in [0.1, 0.15) is 6.54 Å². The third-order valence-electron chi connectivity index (χ3n) is 2.28. The molecule has 0 aromatic heterocycles. The summed E-state index contributed by atoms with van der Waals surface area (Å²) in [5.41, 5.74) is 0. The van der Waals surface area contributed by atoms with Crippen LogP contribution in [-0.2, 0) is 4.79 Å². The van der Waals surface area contributed by atoms with Crippen LogP contribution in [0.25, 0.3) is 0 Å². The van der Waals surface area contributed by atoms with E-state index >= 15 is 0 Å². The molecule has 0 bridgehead atoms. The van der Waals surface area contributed by atoms with E-state index in [4.69, 9.17) is 0 Å². The first-order valence-electron chi connectivity index (χ1n) is 4.45. The smallest absolute Gasteiger partial charge is 0.248 e. The molecule has 4 heteroatoms. The van der Waals surface area contributed by atoms with E-state index in [1.807, 2.05) is 0 Å². The number of carbonyl (C=O) groups excluding carboxylic acids is 1. The molecule has 0 aliphatic carbocycles. The van der Waals surface area contributed by atoms with Gasteiger partial charge in [0.25, 0.3) is 0 Å². The number of amides is 1. The van der Waals surface area contributed by atoms with Gasteiger partial charge in [0.2, 0.25) is 11.9 Å². The first kappa shape index (κ1) is 7.58. The van der Waals surface area contributed by atoms with E-state index in [2.05, 4.69) is 15.2 Å². The van der Waals surface area contributed by atoms with Gasteiger partial charge in [0.15, 0.2) is 0 Å². The van der Waals surface area contributed by atoms with E-state index in [0.717, 1.165) is 19.0 Å². The quantitative estimate of drug-likeness (QED) is 0.550. The Kier molecular flexibility index (Phi) is 1.98. The molecule has 0 spiro atoms. The molecule has 1 N–H and O–H groups in total. The molecule has 66 valence electrons. The standard InChI is InChI=1S/C8H13N3O/c12-7-6-9-8(10-7)11-4-2-1-3-5-11/h1-6H2,(H,9,10,12). The normalized spacial score (nSPS) is 23.8. The second kappa shape index (κ2) is 3.13. The van der Waals surface area contributed by atoms with Crippen LogP contribution in [0, 0.1) is 0 Å². The van der Waals surface area contributed by atoms with Gasteiger partial charge in [-0.3, -0.25) is 10.1 Å². The molecule has 1 amide bonds. The van der Waals surface area contributed by atoms with Crippen LogP contribution in [0.1, 0.15) is 19.3 Å². The molecule has 0 aromatic rings. The van der Waals surface area contributed by atoms with E-state index in [1.165, 1.54) is 19.3 Å². The van der Waals surface area contributed by atoms with Gasteiger partial charge < -0.3 is 4.90 Å². The number of piperidine rings is 1. The molecule has 2 rings (SSSR count). The number of rotatable bonds is 0. The summed E-state index contributed by atoms with van der Waals surface area (Å²) in [6.07, 6.45) is 3.74. The predicted octanol–water partition coefficient (Wildman–Crippen LogP) is -0.0419. The molecule has 4 nitrogen and oxygen atoms in total. The molecule has 0 saturated carbocycles. The lowest BCUT2D eigenvalue weighted by Crippen LogP contribution is -2.43. The average Bonchev–Trinajstić information content (AvgIpc) is 2.54. The maximum atomic E-state index is 10.8. The first-order valence-corrected chi connectivity index (χ1v) is 4.45. The van der Waals surface area contributed by atoms with Gasteiger partial charge in [-0.2, -0.15) is 0 Å². The second-order valence-corrected chi connectivity index (χ2v) is 3.24. The fraction of sp³-hybridized carbons (Fsp3) is 0.750. The van der Waals surface area contributed by atoms with Gasteiger partial charge in [0.05, 0.1) is 0 Å². The lowest BCUT2D eigenvalue weighted by atomic mass is 10.1. The zero-order valence-corrected chi connectivity index (χ0v) is 7.05. The molecule has 2 heterocycles. The van der Waals surface area contributed by atoms with Crippen LogP contribution in [0.4, 0.5) is 0 Å². The van der Waals surface area contributed by atoms with Crippen molar-refractivity contribution in [2.45, 2.75) is 19.3 Å². The highest BCUT2D eigenvalue weighted by Crippen LogP contribution is 2.09. The van der Waals surface area contributed by atoms with Crippen molar-refractivity contribution >= 4 is 11.9 Å². The number of aliphatic imine (C=N–C) groups is 1. The summed E-state index contributed by atoms with van der Waals surface area (Å²) in [5, 5.41) is 2.76. The Labute approximate surface area is 71.6 Å². The lowest BCUT2D eigenvalue weighted by molar-refractivity contribution is -0.117. The van der Waals surface area contributed by atoms with Crippen LogP contribution in [0.5, 0.6) is 0 Å². The zero-order chi connectivity index (χ0) is 8.39. The number of nitrogens with one attached hydrogen (secondary N) is 1. The number of hydrogen-bond donors (Lipinski definition) is 1. The number of nitrogens with zero attached hydrogens (tertiary/aromatic N) is 2. The summed E-state index contributed by atoms with van der Waals surface area (Å²) in [7, 11) is 0. The third kappa shape index (κ3) is 1.42. The minimum atomic E-state index is 0.0237. The molecular weight excluding hydrogens is 154 g/mol. The number of guanidine groups is 1. The zero-order valence-electron chi connectivity index (χ0n) is 7.05. The number of likely N-dealkylation sites (tertiary alicyclic amines) is 1. The Balaban J connectivity index is 1.95. The highest BCUT2D eigenvalue weighted by molar-refractivity contribution is 6.02. The van der Waals surface area contributed by atoms with Gasteiger partial charge in [-0.1, -0.05) is 0 Å². The molecule has 2 aliphatic rings. The summed E-state index contributed by atoms with van der Waals surface area (Å²) >= 11 is 0. The number of hydrogen-bond acceptors (Lipinski definition) is 3. The highest BCUT2D eigenvalue weighted by Gasteiger charge is 2.20. The van der Waals surface area contributed by atoms with Crippen molar-refractivity contribution in [2.24, 2.45) is 4.99 Å². The van der Waals surface area contributed by atoms with Crippen molar-refractivity contribution in [1.82, 2.24) is 10.2 Å². The topological polar surface area (TPSA) is 44.7 Å². The first-order chi connectivity index (χ1) is 5.86. The molecular formula is C8H13N3O. The Morgan fingerprint density at radius 3 is 2.58 bits per heavy atom. The number of carbonyl (C=O) groups is 1. The summed E-state index contributed by atoms with van der Waals surface area (Å²) in [5.74, 6) is 0.815. The molecule has 0 aromatic carbocycles. The second-order valence-electron chi connectivity index (χ2n) is 3.24.